The second-order valence-electron chi connectivity index (χ2n) is 6.53. The van der Waals surface area contributed by atoms with Crippen LogP contribution in [-0.4, -0.2) is 62.6 Å². The van der Waals surface area contributed by atoms with Gasteiger partial charge in [-0.1, -0.05) is 30.3 Å². The van der Waals surface area contributed by atoms with E-state index >= 15 is 0 Å². The van der Waals surface area contributed by atoms with E-state index in [1.165, 1.54) is 5.56 Å². The van der Waals surface area contributed by atoms with Crippen molar-refractivity contribution in [3.05, 3.63) is 54.4 Å². The number of carbonyl (C=O) groups excluding carboxylic acids is 1. The highest BCUT2D eigenvalue weighted by Crippen LogP contribution is 2.16. The van der Waals surface area contributed by atoms with Gasteiger partial charge in [0.1, 0.15) is 12.1 Å². The highest BCUT2D eigenvalue weighted by atomic mass is 32.2. The molecule has 140 valence electrons. The van der Waals surface area contributed by atoms with E-state index in [4.69, 9.17) is 0 Å². The van der Waals surface area contributed by atoms with Crippen molar-refractivity contribution in [1.29, 1.82) is 0 Å². The van der Waals surface area contributed by atoms with Crippen molar-refractivity contribution in [3.63, 3.8) is 0 Å². The number of benzene rings is 1. The molecular weight excluding hydrogens is 360 g/mol. The fourth-order valence-corrected chi connectivity index (χ4v) is 4.09. The summed E-state index contributed by atoms with van der Waals surface area (Å²) >= 11 is 1.68. The second-order valence-corrected chi connectivity index (χ2v) is 7.51. The molecule has 2 aromatic heterocycles. The maximum atomic E-state index is 12.6. The Labute approximate surface area is 162 Å². The number of hydrogen-bond donors (Lipinski definition) is 0. The lowest BCUT2D eigenvalue weighted by Gasteiger charge is -2.22. The van der Waals surface area contributed by atoms with Gasteiger partial charge in [0.15, 0.2) is 5.65 Å². The van der Waals surface area contributed by atoms with Crippen LogP contribution in [0.15, 0.2) is 48.8 Å². The Morgan fingerprint density at radius 3 is 2.81 bits per heavy atom. The molecule has 1 fully saturated rings. The Kier molecular flexibility index (Phi) is 5.53. The molecular formula is C19H22N6OS. The van der Waals surface area contributed by atoms with Gasteiger partial charge < -0.3 is 9.80 Å². The molecule has 1 saturated heterocycles. The van der Waals surface area contributed by atoms with Crippen LogP contribution >= 0.6 is 11.8 Å². The number of amides is 1. The molecule has 27 heavy (non-hydrogen) atoms. The molecule has 0 saturated carbocycles. The van der Waals surface area contributed by atoms with Crippen LogP contribution in [0.4, 0.5) is 5.82 Å². The zero-order valence-electron chi connectivity index (χ0n) is 15.1. The molecule has 1 amide bonds. The number of carbonyl (C=O) groups is 1. The number of aromatic nitrogens is 4. The summed E-state index contributed by atoms with van der Waals surface area (Å²) < 4.78 is 1.68. The molecule has 0 atom stereocenters. The standard InChI is InChI=1S/C19H22N6OS/c26-19(14-27-13-16-5-2-1-3-6-16)24-10-4-9-23(11-12-24)18-8-7-17-21-20-15-25(17)22-18/h1-3,5-8,15H,4,9-14H2. The predicted molar refractivity (Wildman–Crippen MR) is 107 cm³/mol. The van der Waals surface area contributed by atoms with E-state index in [9.17, 15) is 4.79 Å². The molecule has 0 N–H and O–H groups in total. The van der Waals surface area contributed by atoms with Crippen molar-refractivity contribution in [2.75, 3.05) is 36.8 Å². The second kappa shape index (κ2) is 8.39. The molecule has 0 radical (unpaired) electrons. The Balaban J connectivity index is 1.30. The van der Waals surface area contributed by atoms with Gasteiger partial charge in [0.2, 0.25) is 5.91 Å². The maximum absolute atomic E-state index is 12.6. The summed E-state index contributed by atoms with van der Waals surface area (Å²) in [6.45, 7) is 3.21. The fourth-order valence-electron chi connectivity index (χ4n) is 3.20. The summed E-state index contributed by atoms with van der Waals surface area (Å²) in [5.74, 6) is 2.52. The molecule has 0 spiro atoms. The Morgan fingerprint density at radius 1 is 1.04 bits per heavy atom. The van der Waals surface area contributed by atoms with E-state index in [1.807, 2.05) is 35.2 Å². The third kappa shape index (κ3) is 4.39. The average Bonchev–Trinajstić information content (AvgIpc) is 3.03. The van der Waals surface area contributed by atoms with Crippen LogP contribution < -0.4 is 4.90 Å². The smallest absolute Gasteiger partial charge is 0.232 e. The van der Waals surface area contributed by atoms with Gasteiger partial charge in [0, 0.05) is 31.9 Å². The van der Waals surface area contributed by atoms with E-state index in [2.05, 4.69) is 32.3 Å². The zero-order chi connectivity index (χ0) is 18.5. The summed E-state index contributed by atoms with van der Waals surface area (Å²) in [4.78, 5) is 16.8. The van der Waals surface area contributed by atoms with Crippen molar-refractivity contribution >= 4 is 29.1 Å². The van der Waals surface area contributed by atoms with Gasteiger partial charge in [0.25, 0.3) is 0 Å². The van der Waals surface area contributed by atoms with Gasteiger partial charge in [-0.2, -0.15) is 4.52 Å². The van der Waals surface area contributed by atoms with Crippen LogP contribution in [-0.2, 0) is 10.5 Å². The number of fused-ring (bicyclic) bond motifs is 1. The van der Waals surface area contributed by atoms with E-state index in [1.54, 1.807) is 22.6 Å². The summed E-state index contributed by atoms with van der Waals surface area (Å²) in [6, 6.07) is 14.2. The first-order valence-electron chi connectivity index (χ1n) is 9.11. The Morgan fingerprint density at radius 2 is 1.93 bits per heavy atom. The van der Waals surface area contributed by atoms with Crippen LogP contribution in [0.25, 0.3) is 5.65 Å². The highest BCUT2D eigenvalue weighted by Gasteiger charge is 2.20. The quantitative estimate of drug-likeness (QED) is 0.673. The normalized spacial score (nSPS) is 15.1. The highest BCUT2D eigenvalue weighted by molar-refractivity contribution is 7.99. The summed E-state index contributed by atoms with van der Waals surface area (Å²) in [5.41, 5.74) is 1.99. The van der Waals surface area contributed by atoms with E-state index in [0.717, 1.165) is 49.8 Å². The third-order valence-electron chi connectivity index (χ3n) is 4.66. The lowest BCUT2D eigenvalue weighted by atomic mass is 10.2. The topological polar surface area (TPSA) is 66.6 Å². The van der Waals surface area contributed by atoms with E-state index in [0.29, 0.717) is 5.75 Å². The third-order valence-corrected chi connectivity index (χ3v) is 5.65. The molecule has 8 heteroatoms. The first-order chi connectivity index (χ1) is 13.3. The van der Waals surface area contributed by atoms with Crippen LogP contribution in [0, 0.1) is 0 Å². The van der Waals surface area contributed by atoms with Crippen LogP contribution in [0.5, 0.6) is 0 Å². The SMILES string of the molecule is O=C(CSCc1ccccc1)N1CCCN(c2ccc3nncn3n2)CC1. The Bertz CT molecular complexity index is 899. The number of hydrogen-bond acceptors (Lipinski definition) is 6. The largest absolute Gasteiger partial charge is 0.353 e. The fraction of sp³-hybridized carbons (Fsp3) is 0.368. The lowest BCUT2D eigenvalue weighted by molar-refractivity contribution is -0.128. The molecule has 4 rings (SSSR count). The minimum atomic E-state index is 0.222. The zero-order valence-corrected chi connectivity index (χ0v) is 15.9. The first-order valence-corrected chi connectivity index (χ1v) is 10.3. The van der Waals surface area contributed by atoms with Crippen LogP contribution in [0.3, 0.4) is 0 Å². The average molecular weight is 382 g/mol. The molecule has 1 aliphatic heterocycles. The Hall–Kier alpha value is -2.61. The van der Waals surface area contributed by atoms with Gasteiger partial charge in [-0.3, -0.25) is 4.79 Å². The molecule has 0 unspecified atom stereocenters. The van der Waals surface area contributed by atoms with Crippen molar-refractivity contribution in [3.8, 4) is 0 Å². The number of nitrogens with zero attached hydrogens (tertiary/aromatic N) is 6. The van der Waals surface area contributed by atoms with Crippen molar-refractivity contribution < 1.29 is 4.79 Å². The minimum absolute atomic E-state index is 0.222. The van der Waals surface area contributed by atoms with Gasteiger partial charge in [-0.15, -0.1) is 27.1 Å². The molecule has 1 aromatic carbocycles. The van der Waals surface area contributed by atoms with Gasteiger partial charge in [-0.05, 0) is 24.1 Å². The first kappa shape index (κ1) is 17.8. The van der Waals surface area contributed by atoms with E-state index < -0.39 is 0 Å². The monoisotopic (exact) mass is 382 g/mol. The molecule has 7 nitrogen and oxygen atoms in total. The van der Waals surface area contributed by atoms with Crippen LogP contribution in [0.2, 0.25) is 0 Å². The van der Waals surface area contributed by atoms with Gasteiger partial charge >= 0.3 is 0 Å². The van der Waals surface area contributed by atoms with E-state index in [-0.39, 0.29) is 5.91 Å². The summed E-state index contributed by atoms with van der Waals surface area (Å²) in [5, 5.41) is 12.4. The number of anilines is 1. The molecule has 1 aliphatic rings. The number of rotatable bonds is 5. The minimum Gasteiger partial charge on any atom is -0.353 e. The lowest BCUT2D eigenvalue weighted by Crippen LogP contribution is -2.36. The van der Waals surface area contributed by atoms with Crippen molar-refractivity contribution in [1.82, 2.24) is 24.7 Å². The molecule has 3 heterocycles. The summed E-state index contributed by atoms with van der Waals surface area (Å²) in [6.07, 6.45) is 2.55. The molecule has 0 bridgehead atoms. The van der Waals surface area contributed by atoms with Crippen LogP contribution in [0.1, 0.15) is 12.0 Å². The van der Waals surface area contributed by atoms with Gasteiger partial charge in [0.05, 0.1) is 5.75 Å². The molecule has 0 aliphatic carbocycles. The molecule has 3 aromatic rings. The summed E-state index contributed by atoms with van der Waals surface area (Å²) in [7, 11) is 0. The predicted octanol–water partition coefficient (Wildman–Crippen LogP) is 2.10. The maximum Gasteiger partial charge on any atom is 0.232 e. The van der Waals surface area contributed by atoms with Crippen molar-refractivity contribution in [2.24, 2.45) is 0 Å². The van der Waals surface area contributed by atoms with Crippen molar-refractivity contribution in [2.45, 2.75) is 12.2 Å². The van der Waals surface area contributed by atoms with Gasteiger partial charge in [-0.25, -0.2) is 0 Å². The number of thioether (sulfide) groups is 1.